The topological polar surface area (TPSA) is 144 Å². The fourth-order valence-electron chi connectivity index (χ4n) is 3.37. The number of carbonyl (C=O) groups excluding carboxylic acids is 1. The molecule has 2 heterocycles. The second kappa shape index (κ2) is 8.57. The number of nitro groups is 1. The molecular weight excluding hydrogens is 422 g/mol. The summed E-state index contributed by atoms with van der Waals surface area (Å²) in [4.78, 5) is 36.2. The number of amides is 1. The molecule has 0 aliphatic heterocycles. The molecule has 2 aromatic heterocycles. The lowest BCUT2D eigenvalue weighted by Gasteiger charge is -2.11. The minimum absolute atomic E-state index is 0.0313. The summed E-state index contributed by atoms with van der Waals surface area (Å²) >= 11 is 0. The molecule has 0 saturated heterocycles. The average Bonchev–Trinajstić information content (AvgIpc) is 3.36. The Morgan fingerprint density at radius 2 is 2.03 bits per heavy atom. The SMILES string of the molecule is COc1cc(C(=O)NCCn2nc(-c3ccco3)n(C3CC3)c2=O)c([N+](=O)[O-])cc1OC. The number of hydrogen-bond acceptors (Lipinski definition) is 8. The Balaban J connectivity index is 1.52. The predicted molar refractivity (Wildman–Crippen MR) is 111 cm³/mol. The zero-order valence-corrected chi connectivity index (χ0v) is 17.4. The molecule has 1 aromatic carbocycles. The second-order valence-corrected chi connectivity index (χ2v) is 7.15. The van der Waals surface area contributed by atoms with Gasteiger partial charge in [-0.15, -0.1) is 5.10 Å². The maximum atomic E-state index is 12.8. The Morgan fingerprint density at radius 1 is 1.31 bits per heavy atom. The number of benzene rings is 1. The Kier molecular flexibility index (Phi) is 5.67. The van der Waals surface area contributed by atoms with Gasteiger partial charge in [0.25, 0.3) is 11.6 Å². The largest absolute Gasteiger partial charge is 0.493 e. The fraction of sp³-hybridized carbons (Fsp3) is 0.350. The molecule has 0 spiro atoms. The molecule has 1 aliphatic carbocycles. The number of nitrogens with one attached hydrogen (secondary N) is 1. The van der Waals surface area contributed by atoms with E-state index >= 15 is 0 Å². The van der Waals surface area contributed by atoms with Crippen LogP contribution in [0, 0.1) is 10.1 Å². The molecule has 1 saturated carbocycles. The van der Waals surface area contributed by atoms with E-state index < -0.39 is 16.5 Å². The Morgan fingerprint density at radius 3 is 2.62 bits per heavy atom. The highest BCUT2D eigenvalue weighted by Gasteiger charge is 2.31. The van der Waals surface area contributed by atoms with E-state index in [9.17, 15) is 19.7 Å². The number of furan rings is 1. The standard InChI is InChI=1S/C20H21N5O7/c1-30-16-10-13(14(25(28)29)11-17(16)31-2)19(26)21-7-8-23-20(27)24(12-5-6-12)18(22-23)15-4-3-9-32-15/h3-4,9-12H,5-8H2,1-2H3,(H,21,26). The van der Waals surface area contributed by atoms with Crippen LogP contribution in [0.2, 0.25) is 0 Å². The first-order valence-electron chi connectivity index (χ1n) is 9.86. The lowest BCUT2D eigenvalue weighted by atomic mass is 10.1. The van der Waals surface area contributed by atoms with Crippen LogP contribution >= 0.6 is 0 Å². The van der Waals surface area contributed by atoms with Crippen LogP contribution in [0.25, 0.3) is 11.6 Å². The van der Waals surface area contributed by atoms with Gasteiger partial charge in [-0.1, -0.05) is 0 Å². The maximum absolute atomic E-state index is 12.8. The van der Waals surface area contributed by atoms with E-state index in [1.54, 1.807) is 16.7 Å². The second-order valence-electron chi connectivity index (χ2n) is 7.15. The van der Waals surface area contributed by atoms with E-state index in [-0.39, 0.29) is 41.9 Å². The van der Waals surface area contributed by atoms with Crippen molar-refractivity contribution in [1.82, 2.24) is 19.7 Å². The molecule has 0 bridgehead atoms. The minimum Gasteiger partial charge on any atom is -0.493 e. The molecule has 1 N–H and O–H groups in total. The first-order chi connectivity index (χ1) is 15.4. The summed E-state index contributed by atoms with van der Waals surface area (Å²) in [6.45, 7) is 0.114. The molecule has 0 unspecified atom stereocenters. The van der Waals surface area contributed by atoms with Crippen LogP contribution in [-0.2, 0) is 6.54 Å². The van der Waals surface area contributed by atoms with E-state index in [2.05, 4.69) is 10.4 Å². The number of aromatic nitrogens is 3. The van der Waals surface area contributed by atoms with Crippen LogP contribution in [0.5, 0.6) is 11.5 Å². The molecule has 0 atom stereocenters. The number of nitro benzene ring substituents is 1. The molecule has 3 aromatic rings. The van der Waals surface area contributed by atoms with Gasteiger partial charge >= 0.3 is 5.69 Å². The van der Waals surface area contributed by atoms with Crippen molar-refractivity contribution in [2.45, 2.75) is 25.4 Å². The molecule has 1 aliphatic rings. The van der Waals surface area contributed by atoms with E-state index in [1.165, 1.54) is 31.2 Å². The van der Waals surface area contributed by atoms with Crippen molar-refractivity contribution in [3.63, 3.8) is 0 Å². The van der Waals surface area contributed by atoms with Gasteiger partial charge in [0.05, 0.1) is 38.0 Å². The van der Waals surface area contributed by atoms with Crippen molar-refractivity contribution in [3.8, 4) is 23.1 Å². The zero-order valence-electron chi connectivity index (χ0n) is 17.4. The first kappa shape index (κ1) is 21.2. The van der Waals surface area contributed by atoms with E-state index in [4.69, 9.17) is 13.9 Å². The van der Waals surface area contributed by atoms with Crippen LogP contribution in [0.3, 0.4) is 0 Å². The molecular formula is C20H21N5O7. The van der Waals surface area contributed by atoms with Crippen molar-refractivity contribution in [3.05, 3.63) is 56.7 Å². The quantitative estimate of drug-likeness (QED) is 0.391. The molecule has 12 nitrogen and oxygen atoms in total. The minimum atomic E-state index is -0.682. The average molecular weight is 443 g/mol. The van der Waals surface area contributed by atoms with Crippen molar-refractivity contribution < 1.29 is 23.6 Å². The first-order valence-corrected chi connectivity index (χ1v) is 9.86. The van der Waals surface area contributed by atoms with Crippen LogP contribution in [0.1, 0.15) is 29.2 Å². The monoisotopic (exact) mass is 443 g/mol. The van der Waals surface area contributed by atoms with Gasteiger partial charge in [-0.3, -0.25) is 19.5 Å². The number of carbonyl (C=O) groups is 1. The van der Waals surface area contributed by atoms with Gasteiger partial charge < -0.3 is 19.2 Å². The Hall–Kier alpha value is -4.09. The van der Waals surface area contributed by atoms with E-state index in [0.29, 0.717) is 11.6 Å². The third kappa shape index (κ3) is 3.94. The number of nitrogens with zero attached hydrogens (tertiary/aromatic N) is 4. The zero-order chi connectivity index (χ0) is 22.8. The van der Waals surface area contributed by atoms with Crippen molar-refractivity contribution in [2.24, 2.45) is 0 Å². The number of rotatable bonds is 9. The highest BCUT2D eigenvalue weighted by atomic mass is 16.6. The maximum Gasteiger partial charge on any atom is 0.346 e. The van der Waals surface area contributed by atoms with Gasteiger partial charge in [-0.2, -0.15) is 0 Å². The van der Waals surface area contributed by atoms with Crippen molar-refractivity contribution in [2.75, 3.05) is 20.8 Å². The van der Waals surface area contributed by atoms with Gasteiger partial charge in [-0.25, -0.2) is 9.48 Å². The summed E-state index contributed by atoms with van der Waals surface area (Å²) < 4.78 is 18.4. The summed E-state index contributed by atoms with van der Waals surface area (Å²) in [5.41, 5.74) is -0.902. The smallest absolute Gasteiger partial charge is 0.346 e. The molecule has 12 heteroatoms. The van der Waals surface area contributed by atoms with Gasteiger partial charge in [-0.05, 0) is 25.0 Å². The highest BCUT2D eigenvalue weighted by Crippen LogP contribution is 2.36. The number of ether oxygens (including phenoxy) is 2. The normalized spacial score (nSPS) is 13.1. The van der Waals surface area contributed by atoms with Crippen LogP contribution < -0.4 is 20.5 Å². The number of hydrogen-bond donors (Lipinski definition) is 1. The van der Waals surface area contributed by atoms with E-state index in [1.807, 2.05) is 0 Å². The summed E-state index contributed by atoms with van der Waals surface area (Å²) in [7, 11) is 2.71. The molecule has 1 fully saturated rings. The number of methoxy groups -OCH3 is 2. The molecule has 4 rings (SSSR count). The molecule has 1 amide bonds. The summed E-state index contributed by atoms with van der Waals surface area (Å²) in [5, 5.41) is 18.4. The van der Waals surface area contributed by atoms with Gasteiger partial charge in [0.1, 0.15) is 5.56 Å². The third-order valence-corrected chi connectivity index (χ3v) is 5.08. The van der Waals surface area contributed by atoms with Crippen molar-refractivity contribution in [1.29, 1.82) is 0 Å². The van der Waals surface area contributed by atoms with Gasteiger partial charge in [0, 0.05) is 18.7 Å². The van der Waals surface area contributed by atoms with Gasteiger partial charge in [0.15, 0.2) is 17.3 Å². The Labute approximate surface area is 181 Å². The predicted octanol–water partition coefficient (Wildman–Crippen LogP) is 2.00. The lowest BCUT2D eigenvalue weighted by molar-refractivity contribution is -0.385. The summed E-state index contributed by atoms with van der Waals surface area (Å²) in [6.07, 6.45) is 3.28. The molecule has 32 heavy (non-hydrogen) atoms. The summed E-state index contributed by atoms with van der Waals surface area (Å²) in [5.74, 6) is 0.560. The van der Waals surface area contributed by atoms with Crippen LogP contribution in [-0.4, -0.2) is 45.9 Å². The summed E-state index contributed by atoms with van der Waals surface area (Å²) in [6, 6.07) is 5.90. The lowest BCUT2D eigenvalue weighted by Crippen LogP contribution is -2.32. The van der Waals surface area contributed by atoms with Crippen LogP contribution in [0.15, 0.2) is 39.7 Å². The fourth-order valence-corrected chi connectivity index (χ4v) is 3.37. The van der Waals surface area contributed by atoms with Crippen LogP contribution in [0.4, 0.5) is 5.69 Å². The van der Waals surface area contributed by atoms with Crippen molar-refractivity contribution >= 4 is 11.6 Å². The highest BCUT2D eigenvalue weighted by molar-refractivity contribution is 5.99. The molecule has 168 valence electrons. The van der Waals surface area contributed by atoms with E-state index in [0.717, 1.165) is 18.9 Å². The van der Waals surface area contributed by atoms with Gasteiger partial charge in [0.2, 0.25) is 5.82 Å². The molecule has 0 radical (unpaired) electrons. The third-order valence-electron chi connectivity index (χ3n) is 5.08. The Bertz CT molecular complexity index is 1210.